The number of amides is 1. The van der Waals surface area contributed by atoms with E-state index in [2.05, 4.69) is 11.4 Å². The smallest absolute Gasteiger partial charge is 0.267 e. The highest BCUT2D eigenvalue weighted by molar-refractivity contribution is 7.21. The molecule has 2 aromatic heterocycles. The van der Waals surface area contributed by atoms with Gasteiger partial charge in [0.15, 0.2) is 0 Å². The number of rotatable bonds is 4. The lowest BCUT2D eigenvalue weighted by Crippen LogP contribution is -2.12. The Morgan fingerprint density at radius 2 is 1.72 bits per heavy atom. The van der Waals surface area contributed by atoms with E-state index in [1.165, 1.54) is 36.2 Å². The fraction of sp³-hybridized carbons (Fsp3) is 0.364. The molecule has 7 heteroatoms. The zero-order chi connectivity index (χ0) is 20.4. The highest BCUT2D eigenvalue weighted by Gasteiger charge is 2.20. The summed E-state index contributed by atoms with van der Waals surface area (Å²) < 4.78 is 10.5. The van der Waals surface area contributed by atoms with Crippen molar-refractivity contribution in [3.63, 3.8) is 0 Å². The van der Waals surface area contributed by atoms with Crippen LogP contribution in [0.4, 0.5) is 11.4 Å². The first-order chi connectivity index (χ1) is 14.1. The molecule has 1 amide bonds. The average Bonchev–Trinajstić information content (AvgIpc) is 3.03. The SMILES string of the molecule is COc1cc(NC(=O)c2sc3nc4c(cc3c2N)CCCCCC4)cc(OC)c1. The number of nitrogens with zero attached hydrogens (tertiary/aromatic N) is 1. The first kappa shape index (κ1) is 19.5. The molecule has 1 aromatic carbocycles. The molecule has 4 rings (SSSR count). The monoisotopic (exact) mass is 411 g/mol. The zero-order valence-corrected chi connectivity index (χ0v) is 17.5. The second kappa shape index (κ2) is 8.29. The Bertz CT molecular complexity index is 1040. The maximum absolute atomic E-state index is 12.9. The number of benzene rings is 1. The van der Waals surface area contributed by atoms with Gasteiger partial charge >= 0.3 is 0 Å². The minimum Gasteiger partial charge on any atom is -0.497 e. The summed E-state index contributed by atoms with van der Waals surface area (Å²) in [4.78, 5) is 19.1. The number of nitrogens with two attached hydrogens (primary N) is 1. The molecule has 1 aliphatic rings. The molecular formula is C22H25N3O3S. The summed E-state index contributed by atoms with van der Waals surface area (Å²) in [5.41, 5.74) is 9.88. The van der Waals surface area contributed by atoms with E-state index in [0.717, 1.165) is 35.2 Å². The van der Waals surface area contributed by atoms with Gasteiger partial charge in [-0.3, -0.25) is 4.79 Å². The van der Waals surface area contributed by atoms with Crippen LogP contribution in [0.5, 0.6) is 11.5 Å². The fourth-order valence-corrected chi connectivity index (χ4v) is 4.74. The number of aromatic nitrogens is 1. The second-order valence-corrected chi connectivity index (χ2v) is 8.26. The number of ether oxygens (including phenoxy) is 2. The second-order valence-electron chi connectivity index (χ2n) is 7.26. The van der Waals surface area contributed by atoms with Crippen molar-refractivity contribution in [2.24, 2.45) is 0 Å². The summed E-state index contributed by atoms with van der Waals surface area (Å²) in [6.45, 7) is 0. The van der Waals surface area contributed by atoms with E-state index in [4.69, 9.17) is 20.2 Å². The predicted octanol–water partition coefficient (Wildman–Crippen LogP) is 4.81. The standard InChI is InChI=1S/C22H25N3O3S/c1-27-15-10-14(11-16(12-15)28-2)24-21(26)20-19(23)17-9-13-7-5-3-4-6-8-18(13)25-22(17)29-20/h9-12H,3-8,23H2,1-2H3,(H,24,26). The lowest BCUT2D eigenvalue weighted by Gasteiger charge is -2.12. The first-order valence-corrected chi connectivity index (χ1v) is 10.7. The summed E-state index contributed by atoms with van der Waals surface area (Å²) in [6, 6.07) is 7.38. The molecule has 2 heterocycles. The number of hydrogen-bond donors (Lipinski definition) is 2. The minimum absolute atomic E-state index is 0.256. The summed E-state index contributed by atoms with van der Waals surface area (Å²) in [6.07, 6.45) is 6.87. The van der Waals surface area contributed by atoms with Crippen LogP contribution in [0.2, 0.25) is 0 Å². The van der Waals surface area contributed by atoms with Crippen molar-refractivity contribution in [3.05, 3.63) is 40.4 Å². The number of anilines is 2. The molecule has 0 spiro atoms. The predicted molar refractivity (Wildman–Crippen MR) is 117 cm³/mol. The number of methoxy groups -OCH3 is 2. The van der Waals surface area contributed by atoms with Crippen LogP contribution in [0.3, 0.4) is 0 Å². The van der Waals surface area contributed by atoms with E-state index in [9.17, 15) is 4.79 Å². The van der Waals surface area contributed by atoms with Crippen LogP contribution in [-0.4, -0.2) is 25.1 Å². The van der Waals surface area contributed by atoms with E-state index in [0.29, 0.717) is 27.8 Å². The van der Waals surface area contributed by atoms with E-state index in [1.807, 2.05) is 0 Å². The maximum Gasteiger partial charge on any atom is 0.267 e. The maximum atomic E-state index is 12.9. The molecular weight excluding hydrogens is 386 g/mol. The Balaban J connectivity index is 1.67. The highest BCUT2D eigenvalue weighted by Crippen LogP contribution is 2.36. The van der Waals surface area contributed by atoms with Crippen molar-refractivity contribution >= 4 is 38.8 Å². The van der Waals surface area contributed by atoms with Crippen LogP contribution in [0.25, 0.3) is 10.2 Å². The van der Waals surface area contributed by atoms with Gasteiger partial charge in [-0.05, 0) is 37.3 Å². The molecule has 6 nitrogen and oxygen atoms in total. The number of carbonyl (C=O) groups excluding carboxylic acids is 1. The number of thiophene rings is 1. The molecule has 29 heavy (non-hydrogen) atoms. The first-order valence-electron chi connectivity index (χ1n) is 9.84. The van der Waals surface area contributed by atoms with Gasteiger partial charge in [0.05, 0.1) is 19.9 Å². The molecule has 0 bridgehead atoms. The highest BCUT2D eigenvalue weighted by atomic mass is 32.1. The summed E-state index contributed by atoms with van der Waals surface area (Å²) in [7, 11) is 3.14. The van der Waals surface area contributed by atoms with Gasteiger partial charge in [0.1, 0.15) is 21.2 Å². The average molecular weight is 412 g/mol. The zero-order valence-electron chi connectivity index (χ0n) is 16.7. The van der Waals surface area contributed by atoms with Gasteiger partial charge in [0.2, 0.25) is 0 Å². The number of nitrogens with one attached hydrogen (secondary N) is 1. The lowest BCUT2D eigenvalue weighted by molar-refractivity contribution is 0.103. The van der Waals surface area contributed by atoms with Gasteiger partial charge in [-0.2, -0.15) is 0 Å². The van der Waals surface area contributed by atoms with Crippen molar-refractivity contribution < 1.29 is 14.3 Å². The molecule has 3 aromatic rings. The van der Waals surface area contributed by atoms with Crippen molar-refractivity contribution in [2.75, 3.05) is 25.3 Å². The molecule has 0 unspecified atom stereocenters. The van der Waals surface area contributed by atoms with Crippen molar-refractivity contribution in [3.8, 4) is 11.5 Å². The molecule has 152 valence electrons. The number of pyridine rings is 1. The van der Waals surface area contributed by atoms with Crippen LogP contribution in [0.15, 0.2) is 24.3 Å². The van der Waals surface area contributed by atoms with E-state index < -0.39 is 0 Å². The van der Waals surface area contributed by atoms with Crippen LogP contribution in [0, 0.1) is 0 Å². The largest absolute Gasteiger partial charge is 0.497 e. The van der Waals surface area contributed by atoms with Gasteiger partial charge in [-0.1, -0.05) is 12.8 Å². The van der Waals surface area contributed by atoms with Gasteiger partial charge in [0.25, 0.3) is 5.91 Å². The molecule has 0 saturated heterocycles. The Morgan fingerprint density at radius 3 is 2.41 bits per heavy atom. The molecule has 0 aliphatic heterocycles. The summed E-state index contributed by atoms with van der Waals surface area (Å²) in [5, 5.41) is 3.78. The topological polar surface area (TPSA) is 86.5 Å². The van der Waals surface area contributed by atoms with Gasteiger partial charge < -0.3 is 20.5 Å². The number of nitrogen functional groups attached to an aromatic ring is 1. The van der Waals surface area contributed by atoms with Crippen LogP contribution in [-0.2, 0) is 12.8 Å². The van der Waals surface area contributed by atoms with Gasteiger partial charge in [-0.25, -0.2) is 4.98 Å². The van der Waals surface area contributed by atoms with Crippen molar-refractivity contribution in [1.29, 1.82) is 0 Å². The Labute approximate surface area is 174 Å². The van der Waals surface area contributed by atoms with Crippen LogP contribution in [0.1, 0.15) is 46.6 Å². The van der Waals surface area contributed by atoms with E-state index >= 15 is 0 Å². The summed E-state index contributed by atoms with van der Waals surface area (Å²) in [5.74, 6) is 0.948. The minimum atomic E-state index is -0.256. The van der Waals surface area contributed by atoms with Crippen molar-refractivity contribution in [2.45, 2.75) is 38.5 Å². The third kappa shape index (κ3) is 4.00. The van der Waals surface area contributed by atoms with Crippen LogP contribution < -0.4 is 20.5 Å². The fourth-order valence-electron chi connectivity index (χ4n) is 3.75. The van der Waals surface area contributed by atoms with E-state index in [-0.39, 0.29) is 5.91 Å². The molecule has 0 atom stereocenters. The Kier molecular flexibility index (Phi) is 5.58. The third-order valence-corrected chi connectivity index (χ3v) is 6.43. The van der Waals surface area contributed by atoms with E-state index in [1.54, 1.807) is 32.4 Å². The normalized spacial score (nSPS) is 14.0. The number of aryl methyl sites for hydroxylation is 2. The molecule has 0 fully saturated rings. The third-order valence-electron chi connectivity index (χ3n) is 5.31. The van der Waals surface area contributed by atoms with Crippen molar-refractivity contribution in [1.82, 2.24) is 4.98 Å². The van der Waals surface area contributed by atoms with Gasteiger partial charge in [-0.15, -0.1) is 11.3 Å². The van der Waals surface area contributed by atoms with Gasteiger partial charge in [0, 0.05) is 35.0 Å². The molecule has 3 N–H and O–H groups in total. The van der Waals surface area contributed by atoms with Crippen LogP contribution >= 0.6 is 11.3 Å². The molecule has 0 radical (unpaired) electrons. The molecule has 0 saturated carbocycles. The number of hydrogen-bond acceptors (Lipinski definition) is 6. The Morgan fingerprint density at radius 1 is 1.03 bits per heavy atom. The summed E-state index contributed by atoms with van der Waals surface area (Å²) >= 11 is 1.35. The number of fused-ring (bicyclic) bond motifs is 2. The number of carbonyl (C=O) groups is 1. The quantitative estimate of drug-likeness (QED) is 0.644. The Hall–Kier alpha value is -2.80. The lowest BCUT2D eigenvalue weighted by atomic mass is 9.96. The molecule has 1 aliphatic carbocycles.